The minimum Gasteiger partial charge on any atom is -0.330 e. The van der Waals surface area contributed by atoms with Crippen LogP contribution in [0.3, 0.4) is 0 Å². The summed E-state index contributed by atoms with van der Waals surface area (Å²) < 4.78 is 0. The van der Waals surface area contributed by atoms with Crippen molar-refractivity contribution in [3.63, 3.8) is 0 Å². The average Bonchev–Trinajstić information content (AvgIpc) is 2.14. The van der Waals surface area contributed by atoms with E-state index in [1.165, 1.54) is 19.3 Å². The molecule has 0 amide bonds. The van der Waals surface area contributed by atoms with Crippen molar-refractivity contribution in [3.8, 4) is 0 Å². The predicted molar refractivity (Wildman–Crippen MR) is 58.5 cm³/mol. The second-order valence-electron chi connectivity index (χ2n) is 4.64. The Morgan fingerprint density at radius 1 is 1.46 bits per heavy atom. The molecule has 76 valence electrons. The van der Waals surface area contributed by atoms with Crippen LogP contribution in [0.2, 0.25) is 0 Å². The maximum atomic E-state index is 5.64. The largest absolute Gasteiger partial charge is 0.330 e. The lowest BCUT2D eigenvalue weighted by Crippen LogP contribution is -2.19. The van der Waals surface area contributed by atoms with Crippen LogP contribution in [0.1, 0.15) is 40.0 Å². The smallest absolute Gasteiger partial charge is 0.00490 e. The van der Waals surface area contributed by atoms with Gasteiger partial charge in [0.15, 0.2) is 0 Å². The fourth-order valence-electron chi connectivity index (χ4n) is 1.78. The van der Waals surface area contributed by atoms with E-state index in [-0.39, 0.29) is 0 Å². The molecule has 1 rings (SSSR count). The van der Waals surface area contributed by atoms with Crippen molar-refractivity contribution < 1.29 is 0 Å². The van der Waals surface area contributed by atoms with E-state index in [9.17, 15) is 0 Å². The zero-order valence-electron chi connectivity index (χ0n) is 9.22. The molecule has 0 heterocycles. The van der Waals surface area contributed by atoms with Crippen LogP contribution >= 0.6 is 0 Å². The van der Waals surface area contributed by atoms with E-state index in [2.05, 4.69) is 26.8 Å². The van der Waals surface area contributed by atoms with Gasteiger partial charge in [-0.15, -0.1) is 0 Å². The molecule has 1 aliphatic rings. The Morgan fingerprint density at radius 2 is 2.15 bits per heavy atom. The summed E-state index contributed by atoms with van der Waals surface area (Å²) in [6.07, 6.45) is 6.31. The second kappa shape index (κ2) is 4.80. The van der Waals surface area contributed by atoms with E-state index in [1.54, 1.807) is 5.57 Å². The SMILES string of the molecule is CC1CC=C1CCC(C)C(C)CN. The maximum absolute atomic E-state index is 5.64. The molecule has 0 aromatic carbocycles. The van der Waals surface area contributed by atoms with Gasteiger partial charge in [0.25, 0.3) is 0 Å². The van der Waals surface area contributed by atoms with Gasteiger partial charge >= 0.3 is 0 Å². The zero-order chi connectivity index (χ0) is 9.84. The van der Waals surface area contributed by atoms with Crippen molar-refractivity contribution in [2.75, 3.05) is 6.54 Å². The van der Waals surface area contributed by atoms with E-state index in [0.717, 1.165) is 18.4 Å². The number of hydrogen-bond donors (Lipinski definition) is 1. The number of nitrogens with two attached hydrogens (primary N) is 1. The number of rotatable bonds is 5. The minimum atomic E-state index is 0.677. The summed E-state index contributed by atoms with van der Waals surface area (Å²) in [5.41, 5.74) is 7.32. The van der Waals surface area contributed by atoms with Gasteiger partial charge in [-0.05, 0) is 43.6 Å². The third kappa shape index (κ3) is 2.84. The van der Waals surface area contributed by atoms with Gasteiger partial charge in [0.1, 0.15) is 0 Å². The molecule has 3 atom stereocenters. The highest BCUT2D eigenvalue weighted by molar-refractivity contribution is 5.16. The Kier molecular flexibility index (Phi) is 3.98. The molecular formula is C12H23N. The fraction of sp³-hybridized carbons (Fsp3) is 0.833. The van der Waals surface area contributed by atoms with E-state index >= 15 is 0 Å². The molecule has 3 unspecified atom stereocenters. The molecule has 0 saturated heterocycles. The molecule has 0 spiro atoms. The molecule has 1 aliphatic carbocycles. The summed E-state index contributed by atoms with van der Waals surface area (Å²) in [6, 6.07) is 0. The maximum Gasteiger partial charge on any atom is -0.00490 e. The molecule has 0 aliphatic heterocycles. The number of hydrogen-bond acceptors (Lipinski definition) is 1. The normalized spacial score (nSPS) is 26.2. The Balaban J connectivity index is 2.18. The molecule has 0 aromatic rings. The summed E-state index contributed by atoms with van der Waals surface area (Å²) in [4.78, 5) is 0. The van der Waals surface area contributed by atoms with E-state index in [4.69, 9.17) is 5.73 Å². The first-order valence-corrected chi connectivity index (χ1v) is 5.54. The molecule has 2 N–H and O–H groups in total. The standard InChI is InChI=1S/C12H23N/c1-9(11(3)8-13)4-6-12-7-5-10(12)2/h7,9-11H,4-6,8,13H2,1-3H3. The summed E-state index contributed by atoms with van der Waals surface area (Å²) >= 11 is 0. The molecule has 0 fully saturated rings. The monoisotopic (exact) mass is 181 g/mol. The van der Waals surface area contributed by atoms with Crippen LogP contribution in [0.5, 0.6) is 0 Å². The average molecular weight is 181 g/mol. The Labute approximate surface area is 82.4 Å². The van der Waals surface area contributed by atoms with Crippen LogP contribution in [0.4, 0.5) is 0 Å². The van der Waals surface area contributed by atoms with Gasteiger partial charge in [-0.25, -0.2) is 0 Å². The lowest BCUT2D eigenvalue weighted by Gasteiger charge is -2.26. The van der Waals surface area contributed by atoms with Gasteiger partial charge in [0, 0.05) is 0 Å². The molecule has 1 nitrogen and oxygen atoms in total. The van der Waals surface area contributed by atoms with Crippen LogP contribution in [-0.4, -0.2) is 6.54 Å². The van der Waals surface area contributed by atoms with Crippen LogP contribution in [0.15, 0.2) is 11.6 Å². The zero-order valence-corrected chi connectivity index (χ0v) is 9.22. The van der Waals surface area contributed by atoms with Gasteiger partial charge < -0.3 is 5.73 Å². The van der Waals surface area contributed by atoms with Crippen molar-refractivity contribution in [2.45, 2.75) is 40.0 Å². The third-order valence-electron chi connectivity index (χ3n) is 3.60. The fourth-order valence-corrected chi connectivity index (χ4v) is 1.78. The first-order chi connectivity index (χ1) is 6.15. The van der Waals surface area contributed by atoms with Gasteiger partial charge in [0.2, 0.25) is 0 Å². The van der Waals surface area contributed by atoms with Crippen LogP contribution in [-0.2, 0) is 0 Å². The highest BCUT2D eigenvalue weighted by Crippen LogP contribution is 2.31. The molecule has 0 radical (unpaired) electrons. The van der Waals surface area contributed by atoms with E-state index in [0.29, 0.717) is 5.92 Å². The van der Waals surface area contributed by atoms with Crippen molar-refractivity contribution in [1.82, 2.24) is 0 Å². The van der Waals surface area contributed by atoms with Crippen LogP contribution in [0.25, 0.3) is 0 Å². The Morgan fingerprint density at radius 3 is 2.54 bits per heavy atom. The van der Waals surface area contributed by atoms with Gasteiger partial charge in [0.05, 0.1) is 0 Å². The minimum absolute atomic E-state index is 0.677. The summed E-state index contributed by atoms with van der Waals surface area (Å²) in [5.74, 6) is 2.31. The molecule has 0 bridgehead atoms. The van der Waals surface area contributed by atoms with Crippen molar-refractivity contribution in [2.24, 2.45) is 23.5 Å². The van der Waals surface area contributed by atoms with Crippen molar-refractivity contribution >= 4 is 0 Å². The lowest BCUT2D eigenvalue weighted by molar-refractivity contribution is 0.364. The van der Waals surface area contributed by atoms with Gasteiger partial charge in [-0.2, -0.15) is 0 Å². The lowest BCUT2D eigenvalue weighted by atomic mass is 9.80. The van der Waals surface area contributed by atoms with E-state index in [1.807, 2.05) is 0 Å². The third-order valence-corrected chi connectivity index (χ3v) is 3.60. The molecule has 13 heavy (non-hydrogen) atoms. The van der Waals surface area contributed by atoms with E-state index < -0.39 is 0 Å². The second-order valence-corrected chi connectivity index (χ2v) is 4.64. The van der Waals surface area contributed by atoms with Gasteiger partial charge in [-0.3, -0.25) is 0 Å². The topological polar surface area (TPSA) is 26.0 Å². The molecule has 1 heteroatoms. The Bertz CT molecular complexity index is 184. The highest BCUT2D eigenvalue weighted by Gasteiger charge is 2.17. The summed E-state index contributed by atoms with van der Waals surface area (Å²) in [5, 5.41) is 0. The van der Waals surface area contributed by atoms with Crippen LogP contribution < -0.4 is 5.73 Å². The van der Waals surface area contributed by atoms with Crippen molar-refractivity contribution in [3.05, 3.63) is 11.6 Å². The number of allylic oxidation sites excluding steroid dienone is 2. The first kappa shape index (κ1) is 10.8. The van der Waals surface area contributed by atoms with Crippen molar-refractivity contribution in [1.29, 1.82) is 0 Å². The summed E-state index contributed by atoms with van der Waals surface area (Å²) in [6.45, 7) is 7.73. The van der Waals surface area contributed by atoms with Crippen LogP contribution in [0, 0.1) is 17.8 Å². The Hall–Kier alpha value is -0.300. The van der Waals surface area contributed by atoms with Gasteiger partial charge in [-0.1, -0.05) is 32.4 Å². The first-order valence-electron chi connectivity index (χ1n) is 5.54. The predicted octanol–water partition coefficient (Wildman–Crippen LogP) is 2.96. The highest BCUT2D eigenvalue weighted by atomic mass is 14.5. The summed E-state index contributed by atoms with van der Waals surface area (Å²) in [7, 11) is 0. The molecular weight excluding hydrogens is 158 g/mol. The molecule has 0 aromatic heterocycles. The quantitative estimate of drug-likeness (QED) is 0.648. The molecule has 0 saturated carbocycles.